The predicted octanol–water partition coefficient (Wildman–Crippen LogP) is 2.23. The number of benzene rings is 2. The standard InChI is InChI=1S/C19H23NO5S/c1-14-6-8-16(9-7-14)19(25-11-10-21)13-20-26(23,24)18-5-3-4-17(12-18)15(2)22/h3-9,12,19-21H,10-11,13H2,1-2H3. The van der Waals surface area contributed by atoms with E-state index in [0.717, 1.165) is 11.1 Å². The summed E-state index contributed by atoms with van der Waals surface area (Å²) in [5.74, 6) is -0.203. The molecule has 2 N–H and O–H groups in total. The molecule has 2 aromatic carbocycles. The van der Waals surface area contributed by atoms with Crippen molar-refractivity contribution in [2.45, 2.75) is 24.8 Å². The SMILES string of the molecule is CC(=O)c1cccc(S(=O)(=O)NCC(OCCO)c2ccc(C)cc2)c1. The molecule has 0 aromatic heterocycles. The van der Waals surface area contributed by atoms with Crippen LogP contribution < -0.4 is 4.72 Å². The number of aryl methyl sites for hydroxylation is 1. The lowest BCUT2D eigenvalue weighted by atomic mass is 10.1. The molecule has 7 heteroatoms. The molecule has 2 rings (SSSR count). The molecule has 1 unspecified atom stereocenters. The van der Waals surface area contributed by atoms with Crippen molar-refractivity contribution in [3.63, 3.8) is 0 Å². The number of carbonyl (C=O) groups excluding carboxylic acids is 1. The van der Waals surface area contributed by atoms with Crippen molar-refractivity contribution in [3.8, 4) is 0 Å². The third-order valence-corrected chi connectivity index (χ3v) is 5.29. The Bertz CT molecular complexity index is 846. The highest BCUT2D eigenvalue weighted by Crippen LogP contribution is 2.19. The van der Waals surface area contributed by atoms with Crippen LogP contribution in [0.4, 0.5) is 0 Å². The summed E-state index contributed by atoms with van der Waals surface area (Å²) in [5, 5.41) is 9.00. The molecule has 0 saturated heterocycles. The molecular formula is C19H23NO5S. The summed E-state index contributed by atoms with van der Waals surface area (Å²) in [6.07, 6.45) is -0.534. The highest BCUT2D eigenvalue weighted by molar-refractivity contribution is 7.89. The van der Waals surface area contributed by atoms with Crippen LogP contribution in [0.15, 0.2) is 53.4 Å². The van der Waals surface area contributed by atoms with Crippen LogP contribution in [0.25, 0.3) is 0 Å². The number of hydrogen-bond donors (Lipinski definition) is 2. The average molecular weight is 377 g/mol. The quantitative estimate of drug-likeness (QED) is 0.654. The second-order valence-corrected chi connectivity index (χ2v) is 7.70. The largest absolute Gasteiger partial charge is 0.394 e. The third kappa shape index (κ3) is 5.47. The fourth-order valence-electron chi connectivity index (χ4n) is 2.40. The van der Waals surface area contributed by atoms with Gasteiger partial charge < -0.3 is 9.84 Å². The number of ether oxygens (including phenoxy) is 1. The third-order valence-electron chi connectivity index (χ3n) is 3.87. The van der Waals surface area contributed by atoms with Gasteiger partial charge in [-0.05, 0) is 31.5 Å². The number of aliphatic hydroxyl groups is 1. The minimum atomic E-state index is -3.80. The molecule has 6 nitrogen and oxygen atoms in total. The van der Waals surface area contributed by atoms with E-state index < -0.39 is 16.1 Å². The van der Waals surface area contributed by atoms with Gasteiger partial charge in [0.15, 0.2) is 5.78 Å². The van der Waals surface area contributed by atoms with Crippen LogP contribution >= 0.6 is 0 Å². The fourth-order valence-corrected chi connectivity index (χ4v) is 3.48. The Labute approximate surface area is 153 Å². The molecule has 0 radical (unpaired) electrons. The average Bonchev–Trinajstić information content (AvgIpc) is 2.63. The van der Waals surface area contributed by atoms with E-state index in [1.807, 2.05) is 31.2 Å². The first kappa shape index (κ1) is 20.3. The number of aliphatic hydroxyl groups excluding tert-OH is 1. The topological polar surface area (TPSA) is 92.7 Å². The van der Waals surface area contributed by atoms with Crippen molar-refractivity contribution in [3.05, 3.63) is 65.2 Å². The summed E-state index contributed by atoms with van der Waals surface area (Å²) < 4.78 is 33.2. The van der Waals surface area contributed by atoms with Crippen molar-refractivity contribution < 1.29 is 23.1 Å². The van der Waals surface area contributed by atoms with Crippen molar-refractivity contribution in [2.24, 2.45) is 0 Å². The summed E-state index contributed by atoms with van der Waals surface area (Å²) in [5.41, 5.74) is 2.22. The highest BCUT2D eigenvalue weighted by atomic mass is 32.2. The van der Waals surface area contributed by atoms with Crippen molar-refractivity contribution >= 4 is 15.8 Å². The van der Waals surface area contributed by atoms with Crippen LogP contribution in [-0.4, -0.2) is 39.1 Å². The van der Waals surface area contributed by atoms with Crippen LogP contribution in [0.2, 0.25) is 0 Å². The number of carbonyl (C=O) groups is 1. The van der Waals surface area contributed by atoms with Gasteiger partial charge in [0, 0.05) is 12.1 Å². The lowest BCUT2D eigenvalue weighted by molar-refractivity contribution is 0.0309. The number of ketones is 1. The van der Waals surface area contributed by atoms with Gasteiger partial charge in [0.05, 0.1) is 24.2 Å². The van der Waals surface area contributed by atoms with Crippen LogP contribution in [0, 0.1) is 6.92 Å². The molecular weight excluding hydrogens is 354 g/mol. The van der Waals surface area contributed by atoms with E-state index in [0.29, 0.717) is 5.56 Å². The zero-order chi connectivity index (χ0) is 19.2. The minimum Gasteiger partial charge on any atom is -0.394 e. The first-order chi connectivity index (χ1) is 12.3. The Morgan fingerprint density at radius 3 is 2.50 bits per heavy atom. The summed E-state index contributed by atoms with van der Waals surface area (Å²) in [6.45, 7) is 3.29. The number of nitrogens with one attached hydrogen (secondary N) is 1. The Hall–Kier alpha value is -2.06. The smallest absolute Gasteiger partial charge is 0.240 e. The van der Waals surface area contributed by atoms with E-state index in [1.165, 1.54) is 25.1 Å². The van der Waals surface area contributed by atoms with E-state index in [9.17, 15) is 13.2 Å². The maximum absolute atomic E-state index is 12.5. The van der Waals surface area contributed by atoms with Gasteiger partial charge in [-0.1, -0.05) is 42.0 Å². The highest BCUT2D eigenvalue weighted by Gasteiger charge is 2.19. The summed E-state index contributed by atoms with van der Waals surface area (Å²) in [4.78, 5) is 11.5. The molecule has 0 amide bonds. The van der Waals surface area contributed by atoms with Gasteiger partial charge in [0.1, 0.15) is 0 Å². The maximum Gasteiger partial charge on any atom is 0.240 e. The number of sulfonamides is 1. The van der Waals surface area contributed by atoms with Gasteiger partial charge in [0.2, 0.25) is 10.0 Å². The lowest BCUT2D eigenvalue weighted by Crippen LogP contribution is -2.30. The van der Waals surface area contributed by atoms with Crippen LogP contribution in [-0.2, 0) is 14.8 Å². The Kier molecular flexibility index (Phi) is 7.05. The first-order valence-electron chi connectivity index (χ1n) is 8.23. The summed E-state index contributed by atoms with van der Waals surface area (Å²) >= 11 is 0. The minimum absolute atomic E-state index is 0.00962. The zero-order valence-electron chi connectivity index (χ0n) is 14.8. The molecule has 0 aliphatic rings. The van der Waals surface area contributed by atoms with Crippen LogP contribution in [0.1, 0.15) is 34.5 Å². The van der Waals surface area contributed by atoms with E-state index in [4.69, 9.17) is 9.84 Å². The van der Waals surface area contributed by atoms with Crippen LogP contribution in [0.5, 0.6) is 0 Å². The molecule has 1 atom stereocenters. The maximum atomic E-state index is 12.5. The molecule has 0 heterocycles. The van der Waals surface area contributed by atoms with E-state index in [2.05, 4.69) is 4.72 Å². The van der Waals surface area contributed by atoms with Crippen molar-refractivity contribution in [1.29, 1.82) is 0 Å². The van der Waals surface area contributed by atoms with Gasteiger partial charge >= 0.3 is 0 Å². The summed E-state index contributed by atoms with van der Waals surface area (Å²) in [7, 11) is -3.80. The molecule has 0 spiro atoms. The molecule has 0 aliphatic carbocycles. The van der Waals surface area contributed by atoms with Crippen molar-refractivity contribution in [2.75, 3.05) is 19.8 Å². The summed E-state index contributed by atoms with van der Waals surface area (Å²) in [6, 6.07) is 13.4. The van der Waals surface area contributed by atoms with Gasteiger partial charge in [-0.3, -0.25) is 4.79 Å². The van der Waals surface area contributed by atoms with Gasteiger partial charge in [-0.25, -0.2) is 13.1 Å². The molecule has 0 bridgehead atoms. The van der Waals surface area contributed by atoms with Gasteiger partial charge in [-0.15, -0.1) is 0 Å². The molecule has 2 aromatic rings. The monoisotopic (exact) mass is 377 g/mol. The number of hydrogen-bond acceptors (Lipinski definition) is 5. The van der Waals surface area contributed by atoms with Gasteiger partial charge in [-0.2, -0.15) is 0 Å². The second kappa shape index (κ2) is 9.05. The Morgan fingerprint density at radius 2 is 1.88 bits per heavy atom. The molecule has 140 valence electrons. The second-order valence-electron chi connectivity index (χ2n) is 5.93. The van der Waals surface area contributed by atoms with E-state index >= 15 is 0 Å². The van der Waals surface area contributed by atoms with Crippen molar-refractivity contribution in [1.82, 2.24) is 4.72 Å². The molecule has 0 fully saturated rings. The van der Waals surface area contributed by atoms with Gasteiger partial charge in [0.25, 0.3) is 0 Å². The first-order valence-corrected chi connectivity index (χ1v) is 9.71. The normalized spacial score (nSPS) is 12.7. The predicted molar refractivity (Wildman–Crippen MR) is 98.6 cm³/mol. The Balaban J connectivity index is 2.17. The number of rotatable bonds is 9. The molecule has 0 saturated carbocycles. The molecule has 26 heavy (non-hydrogen) atoms. The van der Waals surface area contributed by atoms with Crippen LogP contribution in [0.3, 0.4) is 0 Å². The Morgan fingerprint density at radius 1 is 1.19 bits per heavy atom. The number of Topliss-reactive ketones (excluding diaryl/α,β-unsaturated/α-hetero) is 1. The molecule has 0 aliphatic heterocycles. The zero-order valence-corrected chi connectivity index (χ0v) is 15.6. The van der Waals surface area contributed by atoms with E-state index in [1.54, 1.807) is 6.07 Å². The fraction of sp³-hybridized carbons (Fsp3) is 0.316. The van der Waals surface area contributed by atoms with E-state index in [-0.39, 0.29) is 30.4 Å². The lowest BCUT2D eigenvalue weighted by Gasteiger charge is -2.19.